The lowest BCUT2D eigenvalue weighted by molar-refractivity contribution is -0.137. The number of ether oxygens (including phenoxy) is 4. The highest BCUT2D eigenvalue weighted by Gasteiger charge is 2.34. The van der Waals surface area contributed by atoms with Gasteiger partial charge in [0.25, 0.3) is 0 Å². The van der Waals surface area contributed by atoms with Crippen molar-refractivity contribution in [3.8, 4) is 23.0 Å². The number of rotatable bonds is 8. The Morgan fingerprint density at radius 2 is 1.22 bits per heavy atom. The van der Waals surface area contributed by atoms with Gasteiger partial charge in [-0.3, -0.25) is 9.59 Å². The minimum atomic E-state index is -1.11. The number of aromatic hydroxyl groups is 1. The topological polar surface area (TPSA) is 163 Å². The Morgan fingerprint density at radius 3 is 1.80 bits per heavy atom. The van der Waals surface area contributed by atoms with Crippen LogP contribution in [0, 0.1) is 61.3 Å². The molecule has 0 fully saturated rings. The van der Waals surface area contributed by atoms with Gasteiger partial charge < -0.3 is 29.2 Å². The van der Waals surface area contributed by atoms with E-state index in [1.807, 2.05) is 0 Å². The van der Waals surface area contributed by atoms with E-state index in [-0.39, 0.29) is 55.5 Å². The molecule has 0 spiro atoms. The molecule has 0 amide bonds. The first kappa shape index (κ1) is 39.0. The molecule has 1 unspecified atom stereocenters. The molecule has 1 aliphatic carbocycles. The molecular formula is C38H36Br2O11. The van der Waals surface area contributed by atoms with Gasteiger partial charge in [-0.1, -0.05) is 0 Å². The van der Waals surface area contributed by atoms with Crippen molar-refractivity contribution in [1.82, 2.24) is 0 Å². The summed E-state index contributed by atoms with van der Waals surface area (Å²) in [6.45, 7) is 14.8. The number of allylic oxidation sites excluding steroid dienone is 2. The first-order chi connectivity index (χ1) is 23.7. The maximum Gasteiger partial charge on any atom is 0.347 e. The van der Waals surface area contributed by atoms with Crippen LogP contribution < -0.4 is 14.2 Å². The number of halogens is 2. The van der Waals surface area contributed by atoms with E-state index >= 15 is 0 Å². The van der Waals surface area contributed by atoms with E-state index in [9.17, 15) is 34.2 Å². The van der Waals surface area contributed by atoms with Crippen molar-refractivity contribution < 1.29 is 53.1 Å². The number of hydrogen-bond donors (Lipinski definition) is 2. The van der Waals surface area contributed by atoms with Gasteiger partial charge in [-0.05, 0) is 151 Å². The maximum absolute atomic E-state index is 13.6. The number of phenolic OH excluding ortho intramolecular Hbond substituents is 1. The van der Waals surface area contributed by atoms with Crippen molar-refractivity contribution in [3.63, 3.8) is 0 Å². The second-order valence-corrected chi connectivity index (χ2v) is 13.9. The molecule has 0 bridgehead atoms. The SMILES string of the molecule is COC1=CC(=O)C=C(C)C1C(=O)Oc1c(C)c(C)c(C(=O)Oc2cc(C)c(C(=O)Oc3c(C)c(C)c(C(=O)O)c(Br)c3C)c(C)c2C)c(O)c1Br. The predicted molar refractivity (Wildman–Crippen MR) is 194 cm³/mol. The Morgan fingerprint density at radius 1 is 0.667 bits per heavy atom. The van der Waals surface area contributed by atoms with Crippen molar-refractivity contribution in [2.24, 2.45) is 5.92 Å². The molecule has 1 aliphatic rings. The Balaban J connectivity index is 1.65. The smallest absolute Gasteiger partial charge is 0.347 e. The number of phenols is 1. The van der Waals surface area contributed by atoms with Crippen LogP contribution in [-0.2, 0) is 14.3 Å². The number of hydrogen-bond acceptors (Lipinski definition) is 10. The zero-order valence-corrected chi connectivity index (χ0v) is 32.8. The fraction of sp³-hybridized carbons (Fsp3) is 0.289. The quantitative estimate of drug-likeness (QED) is 0.167. The van der Waals surface area contributed by atoms with E-state index in [4.69, 9.17) is 18.9 Å². The highest BCUT2D eigenvalue weighted by atomic mass is 79.9. The molecule has 13 heteroatoms. The second kappa shape index (κ2) is 14.8. The fourth-order valence-electron chi connectivity index (χ4n) is 5.98. The largest absolute Gasteiger partial charge is 0.506 e. The molecular weight excluding hydrogens is 792 g/mol. The average molecular weight is 829 g/mol. The molecule has 11 nitrogen and oxygen atoms in total. The number of carboxylic acids is 1. The molecule has 3 aromatic rings. The Hall–Kier alpha value is -4.75. The highest BCUT2D eigenvalue weighted by Crippen LogP contribution is 2.44. The summed E-state index contributed by atoms with van der Waals surface area (Å²) in [5, 5.41) is 20.8. The molecule has 268 valence electrons. The molecule has 0 saturated heterocycles. The molecule has 0 heterocycles. The summed E-state index contributed by atoms with van der Waals surface area (Å²) in [6.07, 6.45) is 2.51. The van der Waals surface area contributed by atoms with Crippen LogP contribution in [-0.4, -0.2) is 47.0 Å². The number of aryl methyl sites for hydroxylation is 1. The van der Waals surface area contributed by atoms with Crippen LogP contribution in [0.2, 0.25) is 0 Å². The van der Waals surface area contributed by atoms with E-state index in [0.717, 1.165) is 0 Å². The Bertz CT molecular complexity index is 2080. The van der Waals surface area contributed by atoms with Gasteiger partial charge >= 0.3 is 23.9 Å². The molecule has 0 radical (unpaired) electrons. The summed E-state index contributed by atoms with van der Waals surface area (Å²) in [7, 11) is 1.34. The van der Waals surface area contributed by atoms with Crippen molar-refractivity contribution in [3.05, 3.63) is 99.7 Å². The van der Waals surface area contributed by atoms with Gasteiger partial charge in [0.2, 0.25) is 0 Å². The molecule has 0 aliphatic heterocycles. The van der Waals surface area contributed by atoms with Crippen LogP contribution in [0.4, 0.5) is 0 Å². The van der Waals surface area contributed by atoms with Crippen molar-refractivity contribution >= 4 is 61.5 Å². The van der Waals surface area contributed by atoms with Crippen LogP contribution in [0.1, 0.15) is 82.5 Å². The van der Waals surface area contributed by atoms with Gasteiger partial charge in [0.05, 0.1) is 18.2 Å². The van der Waals surface area contributed by atoms with Crippen molar-refractivity contribution in [1.29, 1.82) is 0 Å². The third-order valence-electron chi connectivity index (χ3n) is 9.23. The molecule has 4 rings (SSSR count). The summed E-state index contributed by atoms with van der Waals surface area (Å²) < 4.78 is 22.8. The van der Waals surface area contributed by atoms with Crippen molar-refractivity contribution in [2.75, 3.05) is 7.11 Å². The summed E-state index contributed by atoms with van der Waals surface area (Å²) in [5.74, 6) is -4.81. The third kappa shape index (κ3) is 7.09. The lowest BCUT2D eigenvalue weighted by Gasteiger charge is -2.23. The number of esters is 3. The molecule has 0 saturated carbocycles. The summed E-state index contributed by atoms with van der Waals surface area (Å²) >= 11 is 6.60. The summed E-state index contributed by atoms with van der Waals surface area (Å²) in [5.41, 5.74) is 4.01. The number of carbonyl (C=O) groups excluding carboxylic acids is 4. The monoisotopic (exact) mass is 826 g/mol. The number of carbonyl (C=O) groups is 5. The van der Waals surface area contributed by atoms with Crippen LogP contribution in [0.3, 0.4) is 0 Å². The minimum absolute atomic E-state index is 0.0252. The number of methoxy groups -OCH3 is 1. The number of carboxylic acid groups (broad SMARTS) is 1. The lowest BCUT2D eigenvalue weighted by atomic mass is 9.92. The van der Waals surface area contributed by atoms with Crippen LogP contribution in [0.25, 0.3) is 0 Å². The van der Waals surface area contributed by atoms with Gasteiger partial charge in [-0.25, -0.2) is 14.4 Å². The lowest BCUT2D eigenvalue weighted by Crippen LogP contribution is -2.28. The van der Waals surface area contributed by atoms with Gasteiger partial charge in [0.15, 0.2) is 11.5 Å². The molecule has 3 aromatic carbocycles. The maximum atomic E-state index is 13.6. The Kier molecular flexibility index (Phi) is 11.4. The van der Waals surface area contributed by atoms with E-state index in [0.29, 0.717) is 49.0 Å². The van der Waals surface area contributed by atoms with E-state index < -0.39 is 35.5 Å². The number of benzene rings is 3. The van der Waals surface area contributed by atoms with Crippen LogP contribution in [0.5, 0.6) is 23.0 Å². The zero-order chi connectivity index (χ0) is 38.4. The third-order valence-corrected chi connectivity index (χ3v) is 11.0. The summed E-state index contributed by atoms with van der Waals surface area (Å²) in [4.78, 5) is 64.2. The van der Waals surface area contributed by atoms with Gasteiger partial charge in [0, 0.05) is 16.1 Å². The zero-order valence-electron chi connectivity index (χ0n) is 29.6. The second-order valence-electron chi connectivity index (χ2n) is 12.3. The molecule has 2 N–H and O–H groups in total. The van der Waals surface area contributed by atoms with E-state index in [1.165, 1.54) is 25.3 Å². The Labute approximate surface area is 311 Å². The average Bonchev–Trinajstić information content (AvgIpc) is 3.05. The summed E-state index contributed by atoms with van der Waals surface area (Å²) in [6, 6.07) is 1.52. The van der Waals surface area contributed by atoms with E-state index in [1.54, 1.807) is 62.3 Å². The fourth-order valence-corrected chi connectivity index (χ4v) is 7.21. The van der Waals surface area contributed by atoms with Crippen LogP contribution >= 0.6 is 31.9 Å². The van der Waals surface area contributed by atoms with Crippen LogP contribution in [0.15, 0.2) is 38.5 Å². The first-order valence-electron chi connectivity index (χ1n) is 15.5. The minimum Gasteiger partial charge on any atom is -0.506 e. The number of aromatic carboxylic acids is 1. The predicted octanol–water partition coefficient (Wildman–Crippen LogP) is 8.10. The van der Waals surface area contributed by atoms with Crippen molar-refractivity contribution in [2.45, 2.75) is 62.3 Å². The molecule has 1 atom stereocenters. The van der Waals surface area contributed by atoms with Gasteiger partial charge in [0.1, 0.15) is 39.0 Å². The van der Waals surface area contributed by atoms with Gasteiger partial charge in [-0.2, -0.15) is 0 Å². The highest BCUT2D eigenvalue weighted by molar-refractivity contribution is 9.11. The van der Waals surface area contributed by atoms with Gasteiger partial charge in [-0.15, -0.1) is 0 Å². The standard InChI is InChI=1S/C38H36Br2O11/c1-14-11-23(41)13-25(48-10)27(14)37(46)51-34-21(8)19(6)29(32(42)31(34)40)38(47)49-24-12-15(2)26(17(4)16(24)3)36(45)50-33-20(7)18(5)28(35(43)44)30(39)22(33)9/h11-13,27,42H,1-10H3,(H,43,44). The molecule has 0 aromatic heterocycles. The number of ketones is 1. The van der Waals surface area contributed by atoms with E-state index in [2.05, 4.69) is 31.9 Å². The first-order valence-corrected chi connectivity index (χ1v) is 17.1. The normalized spacial score (nSPS) is 14.0. The molecule has 51 heavy (non-hydrogen) atoms.